The summed E-state index contributed by atoms with van der Waals surface area (Å²) in [4.78, 5) is 7.07. The molecule has 0 bridgehead atoms. The number of aryl methyl sites for hydroxylation is 1. The van der Waals surface area contributed by atoms with Crippen LogP contribution in [0.1, 0.15) is 57.7 Å². The first kappa shape index (κ1) is 15.0. The second-order valence-corrected chi connectivity index (χ2v) is 6.76. The average Bonchev–Trinajstić information content (AvgIpc) is 3.21. The number of aliphatic hydroxyl groups excluding tert-OH is 1. The maximum absolute atomic E-state index is 11.0. The first-order valence-electron chi connectivity index (χ1n) is 8.69. The molecule has 0 radical (unpaired) electrons. The molecule has 1 aromatic heterocycles. The molecule has 118 valence electrons. The van der Waals surface area contributed by atoms with E-state index in [-0.39, 0.29) is 11.6 Å². The van der Waals surface area contributed by atoms with Crippen LogP contribution in [-0.2, 0) is 13.0 Å². The smallest absolute Gasteiger partial charge is 0.111 e. The highest BCUT2D eigenvalue weighted by Crippen LogP contribution is 2.40. The maximum atomic E-state index is 11.0. The van der Waals surface area contributed by atoms with Gasteiger partial charge in [0.2, 0.25) is 0 Å². The van der Waals surface area contributed by atoms with Gasteiger partial charge in [-0.1, -0.05) is 19.8 Å². The van der Waals surface area contributed by atoms with Crippen LogP contribution in [0, 0.1) is 0 Å². The van der Waals surface area contributed by atoms with Crippen molar-refractivity contribution in [3.05, 3.63) is 18.2 Å². The largest absolute Gasteiger partial charge is 0.391 e. The summed E-state index contributed by atoms with van der Waals surface area (Å²) in [6.45, 7) is 5.52. The van der Waals surface area contributed by atoms with Crippen LogP contribution in [0.25, 0.3) is 0 Å². The van der Waals surface area contributed by atoms with Crippen molar-refractivity contribution in [2.24, 2.45) is 0 Å². The summed E-state index contributed by atoms with van der Waals surface area (Å²) in [6.07, 6.45) is 12.9. The van der Waals surface area contributed by atoms with Crippen LogP contribution in [0.4, 0.5) is 0 Å². The number of hydrogen-bond acceptors (Lipinski definition) is 3. The van der Waals surface area contributed by atoms with E-state index in [2.05, 4.69) is 21.4 Å². The molecule has 0 amide bonds. The number of hydrogen-bond donors (Lipinski definition) is 1. The number of aromatic nitrogens is 2. The van der Waals surface area contributed by atoms with Gasteiger partial charge in [0.15, 0.2) is 0 Å². The third-order valence-corrected chi connectivity index (χ3v) is 5.47. The Bertz CT molecular complexity index is 445. The SMILES string of the molecule is CCCn1ccnc1CC(O)C1(N2CCCC2)CCCC1. The number of nitrogens with zero attached hydrogens (tertiary/aromatic N) is 3. The molecule has 2 fully saturated rings. The molecule has 1 atom stereocenters. The minimum atomic E-state index is -0.281. The molecule has 4 nitrogen and oxygen atoms in total. The fourth-order valence-electron chi connectivity index (χ4n) is 4.35. The first-order chi connectivity index (χ1) is 10.3. The summed E-state index contributed by atoms with van der Waals surface area (Å²) >= 11 is 0. The molecule has 21 heavy (non-hydrogen) atoms. The molecule has 1 aliphatic heterocycles. The molecule has 2 heterocycles. The summed E-state index contributed by atoms with van der Waals surface area (Å²) in [6, 6.07) is 0. The standard InChI is InChI=1S/C17H29N3O/c1-2-10-19-13-9-18-16(19)14-15(21)17(7-3-4-8-17)20-11-5-6-12-20/h9,13,15,21H,2-8,10-12,14H2,1H3. The van der Waals surface area contributed by atoms with Gasteiger partial charge in [-0.2, -0.15) is 0 Å². The van der Waals surface area contributed by atoms with E-state index in [1.54, 1.807) is 0 Å². The first-order valence-corrected chi connectivity index (χ1v) is 8.69. The van der Waals surface area contributed by atoms with Crippen molar-refractivity contribution in [3.63, 3.8) is 0 Å². The number of rotatable bonds is 6. The number of likely N-dealkylation sites (tertiary alicyclic amines) is 1. The molecule has 1 saturated heterocycles. The van der Waals surface area contributed by atoms with Crippen molar-refractivity contribution in [1.29, 1.82) is 0 Å². The summed E-state index contributed by atoms with van der Waals surface area (Å²) in [5.74, 6) is 1.05. The highest BCUT2D eigenvalue weighted by atomic mass is 16.3. The Kier molecular flexibility index (Phi) is 4.65. The van der Waals surface area contributed by atoms with Crippen LogP contribution < -0.4 is 0 Å². The summed E-state index contributed by atoms with van der Waals surface area (Å²) < 4.78 is 2.20. The third kappa shape index (κ3) is 2.88. The fourth-order valence-corrected chi connectivity index (χ4v) is 4.35. The van der Waals surface area contributed by atoms with Gasteiger partial charge in [0, 0.05) is 30.9 Å². The molecule has 1 aliphatic carbocycles. The molecule has 1 saturated carbocycles. The van der Waals surface area contributed by atoms with Gasteiger partial charge in [0.1, 0.15) is 5.82 Å². The van der Waals surface area contributed by atoms with Crippen LogP contribution in [0.5, 0.6) is 0 Å². The van der Waals surface area contributed by atoms with Crippen LogP contribution in [0.2, 0.25) is 0 Å². The lowest BCUT2D eigenvalue weighted by Gasteiger charge is -2.42. The highest BCUT2D eigenvalue weighted by Gasteiger charge is 2.46. The molecule has 1 unspecified atom stereocenters. The Hall–Kier alpha value is -0.870. The second kappa shape index (κ2) is 6.49. The van der Waals surface area contributed by atoms with Crippen LogP contribution >= 0.6 is 0 Å². The number of aliphatic hydroxyl groups is 1. The normalized spacial score (nSPS) is 23.7. The van der Waals surface area contributed by atoms with Gasteiger partial charge in [0.05, 0.1) is 6.10 Å². The van der Waals surface area contributed by atoms with Gasteiger partial charge in [-0.05, 0) is 45.2 Å². The molecule has 0 spiro atoms. The minimum Gasteiger partial charge on any atom is -0.391 e. The Morgan fingerprint density at radius 1 is 1.24 bits per heavy atom. The van der Waals surface area contributed by atoms with E-state index in [0.29, 0.717) is 6.42 Å². The van der Waals surface area contributed by atoms with E-state index in [1.807, 2.05) is 12.4 Å². The molecule has 1 aromatic rings. The summed E-state index contributed by atoms with van der Waals surface area (Å²) in [5.41, 5.74) is 0.0273. The molecule has 3 rings (SSSR count). The van der Waals surface area contributed by atoms with Gasteiger partial charge in [0.25, 0.3) is 0 Å². The zero-order chi connectivity index (χ0) is 14.7. The lowest BCUT2D eigenvalue weighted by Crippen LogP contribution is -2.54. The van der Waals surface area contributed by atoms with Gasteiger partial charge in [-0.25, -0.2) is 4.98 Å². The second-order valence-electron chi connectivity index (χ2n) is 6.76. The zero-order valence-corrected chi connectivity index (χ0v) is 13.3. The molecule has 0 aromatic carbocycles. The van der Waals surface area contributed by atoms with E-state index >= 15 is 0 Å². The van der Waals surface area contributed by atoms with E-state index in [0.717, 1.165) is 31.6 Å². The third-order valence-electron chi connectivity index (χ3n) is 5.47. The fraction of sp³-hybridized carbons (Fsp3) is 0.824. The van der Waals surface area contributed by atoms with Crippen LogP contribution in [-0.4, -0.2) is 44.3 Å². The molecule has 2 aliphatic rings. The van der Waals surface area contributed by atoms with Crippen molar-refractivity contribution in [2.45, 2.75) is 76.5 Å². The van der Waals surface area contributed by atoms with E-state index in [4.69, 9.17) is 0 Å². The van der Waals surface area contributed by atoms with E-state index in [1.165, 1.54) is 38.8 Å². The lowest BCUT2D eigenvalue weighted by molar-refractivity contribution is -0.0185. The van der Waals surface area contributed by atoms with Crippen molar-refractivity contribution in [2.75, 3.05) is 13.1 Å². The monoisotopic (exact) mass is 291 g/mol. The summed E-state index contributed by atoms with van der Waals surface area (Å²) in [5, 5.41) is 11.0. The van der Waals surface area contributed by atoms with E-state index in [9.17, 15) is 5.11 Å². The minimum absolute atomic E-state index is 0.0273. The Balaban J connectivity index is 1.75. The molecular weight excluding hydrogens is 262 g/mol. The predicted octanol–water partition coefficient (Wildman–Crippen LogP) is 2.61. The zero-order valence-electron chi connectivity index (χ0n) is 13.3. The maximum Gasteiger partial charge on any atom is 0.111 e. The van der Waals surface area contributed by atoms with Gasteiger partial charge in [-0.15, -0.1) is 0 Å². The molecular formula is C17H29N3O. The van der Waals surface area contributed by atoms with Gasteiger partial charge in [-0.3, -0.25) is 4.90 Å². The topological polar surface area (TPSA) is 41.3 Å². The van der Waals surface area contributed by atoms with Crippen molar-refractivity contribution in [3.8, 4) is 0 Å². The highest BCUT2D eigenvalue weighted by molar-refractivity contribution is 5.06. The van der Waals surface area contributed by atoms with Crippen molar-refractivity contribution >= 4 is 0 Å². The number of imidazole rings is 1. The van der Waals surface area contributed by atoms with Crippen LogP contribution in [0.15, 0.2) is 12.4 Å². The van der Waals surface area contributed by atoms with Crippen molar-refractivity contribution < 1.29 is 5.11 Å². The Labute approximate surface area is 128 Å². The molecule has 1 N–H and O–H groups in total. The Morgan fingerprint density at radius 2 is 1.95 bits per heavy atom. The van der Waals surface area contributed by atoms with Crippen molar-refractivity contribution in [1.82, 2.24) is 14.5 Å². The van der Waals surface area contributed by atoms with Gasteiger partial charge < -0.3 is 9.67 Å². The Morgan fingerprint density at radius 3 is 2.62 bits per heavy atom. The lowest BCUT2D eigenvalue weighted by atomic mass is 9.86. The quantitative estimate of drug-likeness (QED) is 0.876. The van der Waals surface area contributed by atoms with Gasteiger partial charge >= 0.3 is 0 Å². The predicted molar refractivity (Wildman–Crippen MR) is 84.2 cm³/mol. The summed E-state index contributed by atoms with van der Waals surface area (Å²) in [7, 11) is 0. The van der Waals surface area contributed by atoms with Crippen LogP contribution in [0.3, 0.4) is 0 Å². The molecule has 4 heteroatoms. The average molecular weight is 291 g/mol. The van der Waals surface area contributed by atoms with E-state index < -0.39 is 0 Å².